The van der Waals surface area contributed by atoms with E-state index in [0.717, 1.165) is 61.1 Å². The molecule has 5 heteroatoms. The van der Waals surface area contributed by atoms with Gasteiger partial charge >= 0.3 is 0 Å². The minimum atomic E-state index is 0.226. The first-order valence-electron chi connectivity index (χ1n) is 20.9. The first-order valence-corrected chi connectivity index (χ1v) is 20.9. The summed E-state index contributed by atoms with van der Waals surface area (Å²) in [6.07, 6.45) is 8.99. The molecule has 2 aliphatic rings. The van der Waals surface area contributed by atoms with Crippen LogP contribution >= 0.6 is 0 Å². The van der Waals surface area contributed by atoms with Gasteiger partial charge in [-0.1, -0.05) is 127 Å². The highest BCUT2D eigenvalue weighted by atomic mass is 15.2. The fraction of sp³-hybridized carbons (Fsp3) is 0.0357. The Morgan fingerprint density at radius 1 is 0.410 bits per heavy atom. The Bertz CT molecular complexity index is 3340. The molecule has 12 rings (SSSR count). The van der Waals surface area contributed by atoms with E-state index in [-0.39, 0.29) is 6.04 Å². The molecule has 0 amide bonds. The average Bonchev–Trinajstić information content (AvgIpc) is 3.85. The highest BCUT2D eigenvalue weighted by Crippen LogP contribution is 2.49. The van der Waals surface area contributed by atoms with E-state index < -0.39 is 0 Å². The van der Waals surface area contributed by atoms with E-state index in [0.29, 0.717) is 17.3 Å². The minimum absolute atomic E-state index is 0.226. The van der Waals surface area contributed by atoms with E-state index >= 15 is 0 Å². The first kappa shape index (κ1) is 35.0. The second kappa shape index (κ2) is 13.8. The molecular formula is C56H41N5. The summed E-state index contributed by atoms with van der Waals surface area (Å²) in [4.78, 5) is 4.80. The Kier molecular flexibility index (Phi) is 7.91. The molecule has 0 radical (unpaired) electrons. The number of nitrogen functional groups attached to an aromatic ring is 2. The first-order chi connectivity index (χ1) is 30.1. The summed E-state index contributed by atoms with van der Waals surface area (Å²) >= 11 is 0. The fourth-order valence-corrected chi connectivity index (χ4v) is 9.98. The zero-order valence-electron chi connectivity index (χ0n) is 33.4. The van der Waals surface area contributed by atoms with Crippen LogP contribution < -0.4 is 21.3 Å². The maximum absolute atomic E-state index is 6.96. The normalized spacial score (nSPS) is 15.5. The zero-order chi connectivity index (χ0) is 40.6. The minimum Gasteiger partial charge on any atom is -0.397 e. The average molecular weight is 784 g/mol. The number of aromatic nitrogens is 1. The van der Waals surface area contributed by atoms with Crippen molar-refractivity contribution in [3.05, 3.63) is 218 Å². The lowest BCUT2D eigenvalue weighted by molar-refractivity contribution is 0.745. The Morgan fingerprint density at radius 3 is 1.74 bits per heavy atom. The van der Waals surface area contributed by atoms with E-state index in [1.807, 2.05) is 6.07 Å². The van der Waals surface area contributed by atoms with Gasteiger partial charge in [-0.15, -0.1) is 0 Å². The summed E-state index contributed by atoms with van der Waals surface area (Å²) in [7, 11) is 0. The lowest BCUT2D eigenvalue weighted by Crippen LogP contribution is -2.28. The lowest BCUT2D eigenvalue weighted by Gasteiger charge is -2.30. The second-order valence-electron chi connectivity index (χ2n) is 16.1. The van der Waals surface area contributed by atoms with Crippen LogP contribution in [0.2, 0.25) is 0 Å². The van der Waals surface area contributed by atoms with Crippen molar-refractivity contribution < 1.29 is 0 Å². The van der Waals surface area contributed by atoms with Crippen LogP contribution in [0.3, 0.4) is 0 Å². The summed E-state index contributed by atoms with van der Waals surface area (Å²) < 4.78 is 2.36. The summed E-state index contributed by atoms with van der Waals surface area (Å²) in [5, 5.41) is 6.51. The van der Waals surface area contributed by atoms with Crippen molar-refractivity contribution in [3.63, 3.8) is 0 Å². The molecule has 1 aliphatic carbocycles. The van der Waals surface area contributed by atoms with Gasteiger partial charge in [-0.3, -0.25) is 0 Å². The van der Waals surface area contributed by atoms with Gasteiger partial charge in [-0.05, 0) is 112 Å². The van der Waals surface area contributed by atoms with Gasteiger partial charge in [-0.2, -0.15) is 0 Å². The highest BCUT2D eigenvalue weighted by molar-refractivity contribution is 6.20. The predicted molar refractivity (Wildman–Crippen MR) is 258 cm³/mol. The van der Waals surface area contributed by atoms with Gasteiger partial charge in [0.1, 0.15) is 0 Å². The van der Waals surface area contributed by atoms with Crippen molar-refractivity contribution in [2.45, 2.75) is 12.0 Å². The van der Waals surface area contributed by atoms with Crippen molar-refractivity contribution in [2.24, 2.45) is 0 Å². The van der Waals surface area contributed by atoms with Gasteiger partial charge in [0, 0.05) is 61.6 Å². The maximum atomic E-state index is 6.96. The molecule has 2 heterocycles. The number of benzene rings is 9. The molecule has 0 saturated heterocycles. The van der Waals surface area contributed by atoms with Crippen molar-refractivity contribution in [1.29, 1.82) is 0 Å². The standard InChI is InChI=1S/C56H41N5/c57-55-48-32-22-37(36-12-2-1-3-13-36)34-49(48)43-33-31-42(35-50(43)56(55)58)59(38-23-27-40(28-24-38)60-51-18-8-4-14-44(51)45-15-5-9-19-52(45)60)39-25-29-41(30-26-39)61-53-20-10-6-16-46(53)47-17-7-11-21-54(47)61/h1-35,44,51H,57-58H2. The molecule has 0 saturated carbocycles. The smallest absolute Gasteiger partial charge is 0.0634 e. The summed E-state index contributed by atoms with van der Waals surface area (Å²) in [6, 6.07) is 67.7. The second-order valence-corrected chi connectivity index (χ2v) is 16.1. The summed E-state index contributed by atoms with van der Waals surface area (Å²) in [5.41, 5.74) is 27.6. The number of para-hydroxylation sites is 3. The van der Waals surface area contributed by atoms with Crippen LogP contribution in [0.4, 0.5) is 39.8 Å². The molecular weight excluding hydrogens is 743 g/mol. The fourth-order valence-electron chi connectivity index (χ4n) is 9.98. The molecule has 0 fully saturated rings. The molecule has 0 bridgehead atoms. The Hall–Kier alpha value is -8.02. The Balaban J connectivity index is 1.01. The third-order valence-electron chi connectivity index (χ3n) is 12.8. The highest BCUT2D eigenvalue weighted by Gasteiger charge is 2.37. The predicted octanol–water partition coefficient (Wildman–Crippen LogP) is 14.1. The number of nitrogens with zero attached hydrogens (tertiary/aromatic N) is 3. The number of nitrogens with two attached hydrogens (primary N) is 2. The van der Waals surface area contributed by atoms with Gasteiger partial charge in [0.15, 0.2) is 0 Å². The molecule has 4 N–H and O–H groups in total. The van der Waals surface area contributed by atoms with Crippen molar-refractivity contribution >= 4 is 83.2 Å². The molecule has 1 aliphatic heterocycles. The van der Waals surface area contributed by atoms with E-state index in [2.05, 4.69) is 221 Å². The van der Waals surface area contributed by atoms with Gasteiger partial charge in [0.25, 0.3) is 0 Å². The largest absolute Gasteiger partial charge is 0.397 e. The third-order valence-corrected chi connectivity index (χ3v) is 12.8. The molecule has 1 aromatic heterocycles. The lowest BCUT2D eigenvalue weighted by atomic mass is 9.91. The number of hydrogen-bond acceptors (Lipinski definition) is 4. The van der Waals surface area contributed by atoms with Crippen LogP contribution in [0.25, 0.3) is 60.2 Å². The number of hydrogen-bond donors (Lipinski definition) is 2. The van der Waals surface area contributed by atoms with Crippen LogP contribution in [-0.2, 0) is 0 Å². The number of allylic oxidation sites excluding steroid dienone is 2. The molecule has 61 heavy (non-hydrogen) atoms. The topological polar surface area (TPSA) is 63.5 Å². The van der Waals surface area contributed by atoms with E-state index in [9.17, 15) is 0 Å². The molecule has 2 atom stereocenters. The molecule has 2 unspecified atom stereocenters. The summed E-state index contributed by atoms with van der Waals surface area (Å²) in [5.74, 6) is 0.320. The zero-order valence-corrected chi connectivity index (χ0v) is 33.4. The van der Waals surface area contributed by atoms with Crippen molar-refractivity contribution in [1.82, 2.24) is 4.57 Å². The summed E-state index contributed by atoms with van der Waals surface area (Å²) in [6.45, 7) is 0. The van der Waals surface area contributed by atoms with Gasteiger partial charge < -0.3 is 25.8 Å². The maximum Gasteiger partial charge on any atom is 0.0634 e. The SMILES string of the molecule is Nc1c(N)c2ccc(-c3ccccc3)cc2c2ccc(N(c3ccc(N4c5ccccc5C5C=CC=CC54)cc3)c3ccc(-n4c5ccccc5c5ccccc54)cc3)cc12. The molecule has 0 spiro atoms. The quantitative estimate of drug-likeness (QED) is 0.100. The van der Waals surface area contributed by atoms with E-state index in [1.54, 1.807) is 0 Å². The van der Waals surface area contributed by atoms with E-state index in [4.69, 9.17) is 11.5 Å². The van der Waals surface area contributed by atoms with Gasteiger partial charge in [-0.25, -0.2) is 0 Å². The number of fused-ring (bicyclic) bond motifs is 9. The van der Waals surface area contributed by atoms with Gasteiger partial charge in [0.05, 0.1) is 28.5 Å². The third kappa shape index (κ3) is 5.48. The van der Waals surface area contributed by atoms with E-state index in [1.165, 1.54) is 33.1 Å². The monoisotopic (exact) mass is 783 g/mol. The van der Waals surface area contributed by atoms with Crippen LogP contribution in [-0.4, -0.2) is 10.6 Å². The van der Waals surface area contributed by atoms with Crippen LogP contribution in [0, 0.1) is 0 Å². The van der Waals surface area contributed by atoms with Gasteiger partial charge in [0.2, 0.25) is 0 Å². The van der Waals surface area contributed by atoms with Crippen molar-refractivity contribution in [2.75, 3.05) is 21.3 Å². The van der Waals surface area contributed by atoms with Crippen LogP contribution in [0.1, 0.15) is 11.5 Å². The van der Waals surface area contributed by atoms with Crippen molar-refractivity contribution in [3.8, 4) is 16.8 Å². The molecule has 9 aromatic carbocycles. The number of anilines is 7. The molecule has 5 nitrogen and oxygen atoms in total. The Morgan fingerprint density at radius 2 is 1.00 bits per heavy atom. The van der Waals surface area contributed by atoms with Crippen LogP contribution in [0.15, 0.2) is 212 Å². The van der Waals surface area contributed by atoms with Crippen LogP contribution in [0.5, 0.6) is 0 Å². The number of rotatable bonds is 6. The Labute approximate surface area is 354 Å². The molecule has 290 valence electrons. The molecule has 10 aromatic rings.